The molecule has 4 aromatic carbocycles. The van der Waals surface area contributed by atoms with E-state index in [-0.39, 0.29) is 63.2 Å². The number of benzene rings is 4. The third-order valence-corrected chi connectivity index (χ3v) is 13.8. The molecule has 4 aliphatic rings. The lowest BCUT2D eigenvalue weighted by atomic mass is 9.55. The maximum absolute atomic E-state index is 15.5. The minimum atomic E-state index is -1.50. The number of aliphatic hydroxyl groups is 2. The Balaban J connectivity index is 1.36. The third-order valence-electron chi connectivity index (χ3n) is 13.1. The molecule has 8 rings (SSSR count). The second-order valence-electron chi connectivity index (χ2n) is 18.6. The number of rotatable bonds is 19. The van der Waals surface area contributed by atoms with Crippen LogP contribution in [0.1, 0.15) is 98.7 Å². The fraction of sp³-hybridized carbons (Fsp3) is 0.426. The molecule has 0 saturated heterocycles. The van der Waals surface area contributed by atoms with Crippen molar-refractivity contribution in [3.05, 3.63) is 131 Å². The van der Waals surface area contributed by atoms with Crippen LogP contribution in [0.2, 0.25) is 0 Å². The Morgan fingerprint density at radius 2 is 1.66 bits per heavy atom. The summed E-state index contributed by atoms with van der Waals surface area (Å²) in [7, 11) is 0. The van der Waals surface area contributed by atoms with E-state index in [0.29, 0.717) is 58.4 Å². The molecule has 2 heterocycles. The second kappa shape index (κ2) is 21.0. The number of allylic oxidation sites excluding steroid dienone is 1. The van der Waals surface area contributed by atoms with E-state index in [2.05, 4.69) is 24.8 Å². The highest BCUT2D eigenvalue weighted by Crippen LogP contribution is 2.62. The van der Waals surface area contributed by atoms with Gasteiger partial charge in [-0.05, 0) is 155 Å². The molecule has 0 unspecified atom stereocenters. The van der Waals surface area contributed by atoms with E-state index in [1.807, 2.05) is 86.5 Å². The number of carbonyl (C=O) groups is 1. The van der Waals surface area contributed by atoms with Crippen molar-refractivity contribution in [1.82, 2.24) is 4.90 Å². The number of thioether (sulfide) groups is 1. The molecule has 2 N–H and O–H groups in total. The van der Waals surface area contributed by atoms with Gasteiger partial charge in [0.1, 0.15) is 28.9 Å². The number of nitriles is 1. The Bertz CT molecular complexity index is 2500. The number of aliphatic hydroxyl groups excluding tert-OH is 2. The minimum absolute atomic E-state index is 0.0181. The summed E-state index contributed by atoms with van der Waals surface area (Å²) in [5.74, 6) is 0.666. The molecule has 4 aromatic rings. The van der Waals surface area contributed by atoms with E-state index in [4.69, 9.17) is 33.7 Å². The molecule has 0 radical (unpaired) electrons. The Kier molecular flexibility index (Phi) is 15.0. The van der Waals surface area contributed by atoms with Gasteiger partial charge >= 0.3 is 0 Å². The molecule has 0 bridgehead atoms. The molecule has 0 spiro atoms. The van der Waals surface area contributed by atoms with Crippen LogP contribution in [0.25, 0.3) is 0 Å². The summed E-state index contributed by atoms with van der Waals surface area (Å²) >= 11 is 1.67. The highest BCUT2D eigenvalue weighted by molar-refractivity contribution is 7.98. The number of carbonyl (C=O) groups excluding carboxylic acids is 1. The predicted octanol–water partition coefficient (Wildman–Crippen LogP) is 10.6. The van der Waals surface area contributed by atoms with Gasteiger partial charge in [-0.3, -0.25) is 4.79 Å². The zero-order valence-corrected chi connectivity index (χ0v) is 39.6. The molecule has 1 fully saturated rings. The highest BCUT2D eigenvalue weighted by atomic mass is 32.2. The SMILES string of the molecule is C=CCO[C@@]12Oc3ccc(Oc4ccc(SC)cc4)cc3[C@H]3[C@H](CCCCO)[C@@H](CCCCO)C=C(C(=NOC(C)(C)C)C[C@@H]1N(Cc1ccc4c(c1)OCO4)C(=O)c1ccc(C#N)cc1)[C@H]32. The fourth-order valence-electron chi connectivity index (χ4n) is 10.1. The van der Waals surface area contributed by atoms with Gasteiger partial charge < -0.3 is 43.6 Å². The van der Waals surface area contributed by atoms with Gasteiger partial charge in [0.25, 0.3) is 5.91 Å². The fourth-order valence-corrected chi connectivity index (χ4v) is 10.5. The van der Waals surface area contributed by atoms with Gasteiger partial charge in [0.05, 0.1) is 29.9 Å². The molecule has 12 nitrogen and oxygen atoms in total. The van der Waals surface area contributed by atoms with E-state index < -0.39 is 23.3 Å². The van der Waals surface area contributed by atoms with E-state index in [9.17, 15) is 15.5 Å². The lowest BCUT2D eigenvalue weighted by Crippen LogP contribution is -2.70. The number of oxime groups is 1. The summed E-state index contributed by atoms with van der Waals surface area (Å²) in [4.78, 5) is 24.8. The van der Waals surface area contributed by atoms with E-state index in [1.165, 1.54) is 0 Å². The maximum atomic E-state index is 15.5. The van der Waals surface area contributed by atoms with Crippen LogP contribution in [-0.2, 0) is 16.1 Å². The topological polar surface area (TPSA) is 152 Å². The highest BCUT2D eigenvalue weighted by Gasteiger charge is 2.65. The molecule has 0 aromatic heterocycles. The average Bonchev–Trinajstić information content (AvgIpc) is 3.81. The summed E-state index contributed by atoms with van der Waals surface area (Å²) in [5, 5.41) is 34.8. The van der Waals surface area contributed by atoms with Crippen LogP contribution >= 0.6 is 11.8 Å². The van der Waals surface area contributed by atoms with Crippen molar-refractivity contribution < 1.29 is 43.5 Å². The number of nitrogens with zero attached hydrogens (tertiary/aromatic N) is 3. The summed E-state index contributed by atoms with van der Waals surface area (Å²) in [6, 6.07) is 27.7. The molecule has 352 valence electrons. The molecule has 13 heteroatoms. The summed E-state index contributed by atoms with van der Waals surface area (Å²) in [5.41, 5.74) is 3.54. The van der Waals surface area contributed by atoms with Crippen molar-refractivity contribution in [2.45, 2.75) is 101 Å². The molecular weight excluding hydrogens is 867 g/mol. The van der Waals surface area contributed by atoms with Crippen molar-refractivity contribution in [2.75, 3.05) is 32.9 Å². The molecule has 2 aliphatic carbocycles. The van der Waals surface area contributed by atoms with Gasteiger partial charge in [-0.15, -0.1) is 18.3 Å². The monoisotopic (exact) mass is 927 g/mol. The van der Waals surface area contributed by atoms with E-state index in [1.54, 1.807) is 42.1 Å². The number of unbranched alkanes of at least 4 members (excludes halogenated alkanes) is 2. The van der Waals surface area contributed by atoms with Crippen molar-refractivity contribution in [1.29, 1.82) is 5.26 Å². The van der Waals surface area contributed by atoms with Crippen LogP contribution < -0.4 is 18.9 Å². The van der Waals surface area contributed by atoms with Crippen LogP contribution in [0.4, 0.5) is 0 Å². The standard InChI is InChI=1S/C54H61N3O9S/c1-6-27-63-54-49(57(52(60)37-16-13-35(32-55)14-17-37)33-36-15-23-47-48(28-36)62-34-61-47)31-45(56-66-53(2,3)4)43-29-38(11-7-9-25-58)42(12-8-10-26-59)50(51(43)54)44-30-40(20-24-46(44)65-54)64-39-18-21-41(67-5)22-19-39/h6,13-24,28-30,38,42,49-51,58-59H,1,7-12,25-27,31,33-34H2,2-5H3/t38-,42+,49-,50+,51+,54+/m0/s1. The Hall–Kier alpha value is -5.78. The maximum Gasteiger partial charge on any atom is 0.254 e. The van der Waals surface area contributed by atoms with Gasteiger partial charge in [-0.1, -0.05) is 36.2 Å². The van der Waals surface area contributed by atoms with Crippen LogP contribution in [0.15, 0.2) is 119 Å². The number of amides is 1. The molecule has 1 amide bonds. The average molecular weight is 928 g/mol. The van der Waals surface area contributed by atoms with Crippen LogP contribution in [0.5, 0.6) is 28.7 Å². The molecular formula is C54H61N3O9S. The van der Waals surface area contributed by atoms with E-state index in [0.717, 1.165) is 47.3 Å². The normalized spacial score (nSPS) is 23.0. The molecule has 67 heavy (non-hydrogen) atoms. The van der Waals surface area contributed by atoms with Gasteiger partial charge in [-0.25, -0.2) is 0 Å². The van der Waals surface area contributed by atoms with Crippen LogP contribution in [-0.4, -0.2) is 77.0 Å². The van der Waals surface area contributed by atoms with Crippen LogP contribution in [0.3, 0.4) is 0 Å². The minimum Gasteiger partial charge on any atom is -0.459 e. The lowest BCUT2D eigenvalue weighted by Gasteiger charge is -2.60. The second-order valence-corrected chi connectivity index (χ2v) is 19.4. The van der Waals surface area contributed by atoms with Gasteiger partial charge in [0.2, 0.25) is 12.6 Å². The van der Waals surface area contributed by atoms with Gasteiger partial charge in [0.15, 0.2) is 11.5 Å². The summed E-state index contributed by atoms with van der Waals surface area (Å²) < 4.78 is 32.8. The first-order valence-corrected chi connectivity index (χ1v) is 24.5. The zero-order valence-electron chi connectivity index (χ0n) is 38.8. The van der Waals surface area contributed by atoms with Crippen molar-refractivity contribution in [3.63, 3.8) is 0 Å². The number of hydrogen-bond acceptors (Lipinski definition) is 12. The molecule has 1 saturated carbocycles. The first-order valence-electron chi connectivity index (χ1n) is 23.3. The zero-order chi connectivity index (χ0) is 47.1. The Morgan fingerprint density at radius 1 is 0.940 bits per heavy atom. The number of fused-ring (bicyclic) bond motifs is 3. The Morgan fingerprint density at radius 3 is 2.36 bits per heavy atom. The van der Waals surface area contributed by atoms with Crippen molar-refractivity contribution >= 4 is 23.4 Å². The largest absolute Gasteiger partial charge is 0.459 e. The third kappa shape index (κ3) is 10.4. The summed E-state index contributed by atoms with van der Waals surface area (Å²) in [6.45, 7) is 10.5. The molecule has 2 aliphatic heterocycles. The van der Waals surface area contributed by atoms with E-state index >= 15 is 4.79 Å². The van der Waals surface area contributed by atoms with Crippen molar-refractivity contribution in [2.24, 2.45) is 22.9 Å². The molecule has 6 atom stereocenters. The van der Waals surface area contributed by atoms with Crippen molar-refractivity contribution in [3.8, 4) is 34.8 Å². The Labute approximate surface area is 398 Å². The van der Waals surface area contributed by atoms with Crippen LogP contribution in [0, 0.1) is 29.1 Å². The first-order chi connectivity index (χ1) is 32.5. The van der Waals surface area contributed by atoms with Gasteiger partial charge in [-0.2, -0.15) is 5.26 Å². The smallest absolute Gasteiger partial charge is 0.254 e. The first kappa shape index (κ1) is 47.7. The summed E-state index contributed by atoms with van der Waals surface area (Å²) in [6.07, 6.45) is 10.8. The lowest BCUT2D eigenvalue weighted by molar-refractivity contribution is -0.255. The van der Waals surface area contributed by atoms with Gasteiger partial charge in [0, 0.05) is 48.1 Å². The predicted molar refractivity (Wildman–Crippen MR) is 258 cm³/mol. The number of hydrogen-bond donors (Lipinski definition) is 2. The number of ether oxygens (including phenoxy) is 5. The quantitative estimate of drug-likeness (QED) is 0.0400.